The Labute approximate surface area is 152 Å². The molecule has 0 aliphatic rings. The second-order valence-corrected chi connectivity index (χ2v) is 7.72. The number of rotatable bonds is 7. The van der Waals surface area contributed by atoms with Gasteiger partial charge in [0.15, 0.2) is 0 Å². The van der Waals surface area contributed by atoms with E-state index in [2.05, 4.69) is 5.32 Å². The van der Waals surface area contributed by atoms with Crippen LogP contribution in [-0.2, 0) is 21.4 Å². The number of methoxy groups -OCH3 is 1. The highest BCUT2D eigenvalue weighted by Crippen LogP contribution is 2.22. The van der Waals surface area contributed by atoms with Crippen molar-refractivity contribution in [2.75, 3.05) is 24.2 Å². The van der Waals surface area contributed by atoms with Gasteiger partial charge in [0.25, 0.3) is 0 Å². The van der Waals surface area contributed by atoms with Crippen LogP contribution < -0.4 is 14.4 Å². The zero-order chi connectivity index (χ0) is 18.4. The summed E-state index contributed by atoms with van der Waals surface area (Å²) in [4.78, 5) is 12.2. The van der Waals surface area contributed by atoms with E-state index in [0.29, 0.717) is 16.5 Å². The van der Waals surface area contributed by atoms with Gasteiger partial charge in [-0.05, 0) is 29.8 Å². The molecule has 0 aliphatic carbocycles. The van der Waals surface area contributed by atoms with Crippen molar-refractivity contribution in [2.24, 2.45) is 0 Å². The van der Waals surface area contributed by atoms with Gasteiger partial charge in [-0.1, -0.05) is 29.8 Å². The number of halogens is 1. The molecule has 0 heterocycles. The first-order valence-electron chi connectivity index (χ1n) is 7.42. The first-order chi connectivity index (χ1) is 11.8. The molecule has 1 N–H and O–H groups in total. The van der Waals surface area contributed by atoms with Crippen molar-refractivity contribution >= 4 is 33.2 Å². The Kier molecular flexibility index (Phi) is 6.27. The molecule has 0 unspecified atom stereocenters. The Hall–Kier alpha value is -2.25. The van der Waals surface area contributed by atoms with E-state index in [9.17, 15) is 13.2 Å². The molecule has 1 amide bonds. The molecule has 0 atom stereocenters. The van der Waals surface area contributed by atoms with Crippen LogP contribution in [-0.4, -0.2) is 34.2 Å². The van der Waals surface area contributed by atoms with Gasteiger partial charge in [-0.25, -0.2) is 8.42 Å². The maximum atomic E-state index is 12.2. The Morgan fingerprint density at radius 3 is 2.48 bits per heavy atom. The number of nitrogens with one attached hydrogen (secondary N) is 1. The minimum atomic E-state index is -3.63. The summed E-state index contributed by atoms with van der Waals surface area (Å²) in [6.07, 6.45) is 1.05. The Morgan fingerprint density at radius 1 is 1.20 bits per heavy atom. The van der Waals surface area contributed by atoms with Crippen LogP contribution in [0.15, 0.2) is 48.5 Å². The lowest BCUT2D eigenvalue weighted by atomic mass is 10.2. The molecular weight excluding hydrogens is 364 g/mol. The van der Waals surface area contributed by atoms with E-state index in [0.717, 1.165) is 16.1 Å². The van der Waals surface area contributed by atoms with Crippen LogP contribution in [0.4, 0.5) is 5.69 Å². The SMILES string of the molecule is COc1cccc(N(CC(=O)NCc2ccc(Cl)cc2)S(C)(=O)=O)c1. The first kappa shape index (κ1) is 19.1. The smallest absolute Gasteiger partial charge is 0.241 e. The van der Waals surface area contributed by atoms with Crippen molar-refractivity contribution in [3.8, 4) is 5.75 Å². The Morgan fingerprint density at radius 2 is 1.88 bits per heavy atom. The molecule has 2 rings (SSSR count). The summed E-state index contributed by atoms with van der Waals surface area (Å²) >= 11 is 5.81. The molecule has 6 nitrogen and oxygen atoms in total. The van der Waals surface area contributed by atoms with Crippen molar-refractivity contribution in [3.63, 3.8) is 0 Å². The number of hydrogen-bond donors (Lipinski definition) is 1. The van der Waals surface area contributed by atoms with Crippen LogP contribution in [0, 0.1) is 0 Å². The van der Waals surface area contributed by atoms with Crippen molar-refractivity contribution in [3.05, 3.63) is 59.1 Å². The van der Waals surface area contributed by atoms with Gasteiger partial charge in [0.2, 0.25) is 15.9 Å². The number of carbonyl (C=O) groups is 1. The molecule has 25 heavy (non-hydrogen) atoms. The summed E-state index contributed by atoms with van der Waals surface area (Å²) < 4.78 is 30.3. The fraction of sp³-hybridized carbons (Fsp3) is 0.235. The minimum absolute atomic E-state index is 0.283. The second kappa shape index (κ2) is 8.22. The predicted molar refractivity (Wildman–Crippen MR) is 98.5 cm³/mol. The molecule has 0 aliphatic heterocycles. The molecular formula is C17H19ClN2O4S. The maximum Gasteiger partial charge on any atom is 0.241 e. The third-order valence-corrected chi connectivity index (χ3v) is 4.82. The fourth-order valence-electron chi connectivity index (χ4n) is 2.15. The van der Waals surface area contributed by atoms with E-state index in [1.807, 2.05) is 0 Å². The van der Waals surface area contributed by atoms with Crippen molar-refractivity contribution in [2.45, 2.75) is 6.54 Å². The molecule has 0 fully saturated rings. The van der Waals surface area contributed by atoms with Gasteiger partial charge < -0.3 is 10.1 Å². The number of benzene rings is 2. The molecule has 0 saturated carbocycles. The summed E-state index contributed by atoms with van der Waals surface area (Å²) in [7, 11) is -2.14. The topological polar surface area (TPSA) is 75.7 Å². The molecule has 0 saturated heterocycles. The Bertz CT molecular complexity index is 838. The number of hydrogen-bond acceptors (Lipinski definition) is 4. The lowest BCUT2D eigenvalue weighted by molar-refractivity contribution is -0.119. The lowest BCUT2D eigenvalue weighted by Crippen LogP contribution is -2.40. The van der Waals surface area contributed by atoms with Crippen LogP contribution in [0.2, 0.25) is 5.02 Å². The highest BCUT2D eigenvalue weighted by Gasteiger charge is 2.21. The largest absolute Gasteiger partial charge is 0.497 e. The fourth-order valence-corrected chi connectivity index (χ4v) is 3.13. The lowest BCUT2D eigenvalue weighted by Gasteiger charge is -2.22. The van der Waals surface area contributed by atoms with Gasteiger partial charge in [-0.15, -0.1) is 0 Å². The van der Waals surface area contributed by atoms with Crippen LogP contribution in [0.3, 0.4) is 0 Å². The highest BCUT2D eigenvalue weighted by atomic mass is 35.5. The summed E-state index contributed by atoms with van der Waals surface area (Å²) in [5.41, 5.74) is 1.23. The van der Waals surface area contributed by atoms with E-state index >= 15 is 0 Å². The minimum Gasteiger partial charge on any atom is -0.497 e. The zero-order valence-corrected chi connectivity index (χ0v) is 15.5. The molecule has 134 valence electrons. The van der Waals surface area contributed by atoms with Crippen molar-refractivity contribution in [1.82, 2.24) is 5.32 Å². The van der Waals surface area contributed by atoms with Gasteiger partial charge in [-0.3, -0.25) is 9.10 Å². The number of ether oxygens (including phenoxy) is 1. The van der Waals surface area contributed by atoms with Gasteiger partial charge in [0.1, 0.15) is 12.3 Å². The van der Waals surface area contributed by atoms with E-state index < -0.39 is 15.9 Å². The van der Waals surface area contributed by atoms with Crippen LogP contribution in [0.25, 0.3) is 0 Å². The van der Waals surface area contributed by atoms with Crippen LogP contribution >= 0.6 is 11.6 Å². The average Bonchev–Trinajstić information content (AvgIpc) is 2.58. The number of anilines is 1. The van der Waals surface area contributed by atoms with E-state index in [4.69, 9.17) is 16.3 Å². The zero-order valence-electron chi connectivity index (χ0n) is 13.9. The summed E-state index contributed by atoms with van der Waals surface area (Å²) in [5.74, 6) is 0.0934. The van der Waals surface area contributed by atoms with Gasteiger partial charge >= 0.3 is 0 Å². The number of amides is 1. The van der Waals surface area contributed by atoms with Crippen molar-refractivity contribution < 1.29 is 17.9 Å². The second-order valence-electron chi connectivity index (χ2n) is 5.37. The quantitative estimate of drug-likeness (QED) is 0.798. The summed E-state index contributed by atoms with van der Waals surface area (Å²) in [6, 6.07) is 13.6. The van der Waals surface area contributed by atoms with Crippen LogP contribution in [0.1, 0.15) is 5.56 Å². The number of carbonyl (C=O) groups excluding carboxylic acids is 1. The van der Waals surface area contributed by atoms with Crippen LogP contribution in [0.5, 0.6) is 5.75 Å². The predicted octanol–water partition coefficient (Wildman–Crippen LogP) is 2.43. The molecule has 8 heteroatoms. The van der Waals surface area contributed by atoms with Crippen molar-refractivity contribution in [1.29, 1.82) is 0 Å². The summed E-state index contributed by atoms with van der Waals surface area (Å²) in [5, 5.41) is 3.31. The normalized spacial score (nSPS) is 11.0. The monoisotopic (exact) mass is 382 g/mol. The van der Waals surface area contributed by atoms with Gasteiger partial charge in [0, 0.05) is 17.6 Å². The Balaban J connectivity index is 2.08. The molecule has 0 bridgehead atoms. The van der Waals surface area contributed by atoms with E-state index in [1.54, 1.807) is 48.5 Å². The van der Waals surface area contributed by atoms with Gasteiger partial charge in [0.05, 0.1) is 19.1 Å². The number of nitrogens with zero attached hydrogens (tertiary/aromatic N) is 1. The molecule has 0 spiro atoms. The standard InChI is InChI=1S/C17H19ClN2O4S/c1-24-16-5-3-4-15(10-16)20(25(2,22)23)12-17(21)19-11-13-6-8-14(18)9-7-13/h3-10H,11-12H2,1-2H3,(H,19,21). The third-order valence-electron chi connectivity index (χ3n) is 3.43. The molecule has 2 aromatic rings. The highest BCUT2D eigenvalue weighted by molar-refractivity contribution is 7.92. The molecule has 0 aromatic heterocycles. The first-order valence-corrected chi connectivity index (χ1v) is 9.65. The average molecular weight is 383 g/mol. The number of sulfonamides is 1. The third kappa shape index (κ3) is 5.65. The van der Waals surface area contributed by atoms with E-state index in [-0.39, 0.29) is 13.1 Å². The molecule has 2 aromatic carbocycles. The molecule has 0 radical (unpaired) electrons. The van der Waals surface area contributed by atoms with Gasteiger partial charge in [-0.2, -0.15) is 0 Å². The van der Waals surface area contributed by atoms with E-state index in [1.165, 1.54) is 7.11 Å². The summed E-state index contributed by atoms with van der Waals surface area (Å²) in [6.45, 7) is -0.0364. The maximum absolute atomic E-state index is 12.2.